The second-order valence-electron chi connectivity index (χ2n) is 2.99. The molecule has 1 amide bonds. The summed E-state index contributed by atoms with van der Waals surface area (Å²) < 4.78 is 4.72. The SMILES string of the molecule is COCC(N)C(=O)NCCC(C)O. The van der Waals surface area contributed by atoms with E-state index in [0.717, 1.165) is 0 Å². The van der Waals surface area contributed by atoms with Crippen molar-refractivity contribution in [1.82, 2.24) is 5.32 Å². The number of hydrogen-bond donors (Lipinski definition) is 3. The topological polar surface area (TPSA) is 84.6 Å². The first-order valence-corrected chi connectivity index (χ1v) is 4.28. The molecule has 0 rings (SSSR count). The fourth-order valence-electron chi connectivity index (χ4n) is 0.791. The number of amides is 1. The Kier molecular flexibility index (Phi) is 6.48. The summed E-state index contributed by atoms with van der Waals surface area (Å²) in [4.78, 5) is 11.1. The van der Waals surface area contributed by atoms with E-state index in [-0.39, 0.29) is 12.5 Å². The van der Waals surface area contributed by atoms with E-state index in [4.69, 9.17) is 15.6 Å². The van der Waals surface area contributed by atoms with E-state index in [9.17, 15) is 4.79 Å². The molecule has 0 aliphatic rings. The first-order chi connectivity index (χ1) is 6.07. The summed E-state index contributed by atoms with van der Waals surface area (Å²) in [6.07, 6.45) is 0.129. The number of carbonyl (C=O) groups excluding carboxylic acids is 1. The molecule has 13 heavy (non-hydrogen) atoms. The molecule has 0 aromatic carbocycles. The van der Waals surface area contributed by atoms with Crippen molar-refractivity contribution in [3.8, 4) is 0 Å². The van der Waals surface area contributed by atoms with Crippen LogP contribution in [0.2, 0.25) is 0 Å². The Morgan fingerprint density at radius 2 is 2.31 bits per heavy atom. The Balaban J connectivity index is 3.50. The highest BCUT2D eigenvalue weighted by Gasteiger charge is 2.11. The van der Waals surface area contributed by atoms with E-state index in [1.54, 1.807) is 6.92 Å². The maximum Gasteiger partial charge on any atom is 0.239 e. The van der Waals surface area contributed by atoms with Gasteiger partial charge in [-0.3, -0.25) is 4.79 Å². The molecule has 0 radical (unpaired) electrons. The van der Waals surface area contributed by atoms with Crippen LogP contribution in [0.1, 0.15) is 13.3 Å². The van der Waals surface area contributed by atoms with Crippen molar-refractivity contribution in [2.75, 3.05) is 20.3 Å². The van der Waals surface area contributed by atoms with Crippen molar-refractivity contribution in [2.45, 2.75) is 25.5 Å². The van der Waals surface area contributed by atoms with Crippen molar-refractivity contribution in [3.63, 3.8) is 0 Å². The van der Waals surface area contributed by atoms with Crippen LogP contribution in [-0.2, 0) is 9.53 Å². The first kappa shape index (κ1) is 12.3. The number of rotatable bonds is 6. The normalized spacial score (nSPS) is 15.1. The van der Waals surface area contributed by atoms with Gasteiger partial charge in [0.25, 0.3) is 0 Å². The number of nitrogens with two attached hydrogens (primary N) is 1. The first-order valence-electron chi connectivity index (χ1n) is 4.28. The molecule has 78 valence electrons. The zero-order valence-electron chi connectivity index (χ0n) is 8.12. The van der Waals surface area contributed by atoms with Crippen LogP contribution in [0, 0.1) is 0 Å². The summed E-state index contributed by atoms with van der Waals surface area (Å²) in [5.74, 6) is -0.248. The summed E-state index contributed by atoms with van der Waals surface area (Å²) in [6.45, 7) is 2.32. The zero-order valence-corrected chi connectivity index (χ0v) is 8.12. The van der Waals surface area contributed by atoms with Gasteiger partial charge in [0.05, 0.1) is 12.7 Å². The number of aliphatic hydroxyl groups is 1. The van der Waals surface area contributed by atoms with Crippen LogP contribution in [0.15, 0.2) is 0 Å². The smallest absolute Gasteiger partial charge is 0.239 e. The minimum atomic E-state index is -0.626. The number of aliphatic hydroxyl groups excluding tert-OH is 1. The highest BCUT2D eigenvalue weighted by molar-refractivity contribution is 5.81. The predicted molar refractivity (Wildman–Crippen MR) is 49.2 cm³/mol. The van der Waals surface area contributed by atoms with Gasteiger partial charge in [-0.2, -0.15) is 0 Å². The van der Waals surface area contributed by atoms with Crippen molar-refractivity contribution < 1.29 is 14.6 Å². The maximum absolute atomic E-state index is 11.1. The third kappa shape index (κ3) is 6.51. The van der Waals surface area contributed by atoms with Crippen molar-refractivity contribution in [1.29, 1.82) is 0 Å². The highest BCUT2D eigenvalue weighted by Crippen LogP contribution is 1.87. The Morgan fingerprint density at radius 1 is 1.69 bits per heavy atom. The van der Waals surface area contributed by atoms with Gasteiger partial charge in [-0.25, -0.2) is 0 Å². The summed E-state index contributed by atoms with van der Waals surface area (Å²) >= 11 is 0. The van der Waals surface area contributed by atoms with Gasteiger partial charge in [0.1, 0.15) is 6.04 Å². The van der Waals surface area contributed by atoms with Crippen LogP contribution in [0.3, 0.4) is 0 Å². The van der Waals surface area contributed by atoms with Crippen molar-refractivity contribution in [3.05, 3.63) is 0 Å². The molecule has 2 atom stereocenters. The molecule has 0 aliphatic heterocycles. The molecule has 0 saturated carbocycles. The largest absolute Gasteiger partial charge is 0.393 e. The van der Waals surface area contributed by atoms with Gasteiger partial charge >= 0.3 is 0 Å². The van der Waals surface area contributed by atoms with Crippen LogP contribution in [0.5, 0.6) is 0 Å². The van der Waals surface area contributed by atoms with Crippen LogP contribution in [0.4, 0.5) is 0 Å². The van der Waals surface area contributed by atoms with Gasteiger partial charge in [0.2, 0.25) is 5.91 Å². The molecular formula is C8H18N2O3. The summed E-state index contributed by atoms with van der Waals surface area (Å²) in [6, 6.07) is -0.626. The molecule has 0 aromatic rings. The Morgan fingerprint density at radius 3 is 2.77 bits per heavy atom. The summed E-state index contributed by atoms with van der Waals surface area (Å²) in [5, 5.41) is 11.5. The molecule has 0 aromatic heterocycles. The van der Waals surface area contributed by atoms with Gasteiger partial charge in [0.15, 0.2) is 0 Å². The number of nitrogens with one attached hydrogen (secondary N) is 1. The minimum Gasteiger partial charge on any atom is -0.393 e. The average Bonchev–Trinajstić information content (AvgIpc) is 2.04. The molecule has 0 spiro atoms. The Labute approximate surface area is 78.3 Å². The molecule has 0 heterocycles. The van der Waals surface area contributed by atoms with E-state index < -0.39 is 12.1 Å². The third-order valence-corrected chi connectivity index (χ3v) is 1.54. The predicted octanol–water partition coefficient (Wildman–Crippen LogP) is -1.15. The molecule has 0 aliphatic carbocycles. The molecule has 0 fully saturated rings. The third-order valence-electron chi connectivity index (χ3n) is 1.54. The second-order valence-corrected chi connectivity index (χ2v) is 2.99. The van der Waals surface area contributed by atoms with Crippen LogP contribution >= 0.6 is 0 Å². The molecule has 5 nitrogen and oxygen atoms in total. The lowest BCUT2D eigenvalue weighted by Gasteiger charge is -2.11. The molecule has 0 saturated heterocycles. The fraction of sp³-hybridized carbons (Fsp3) is 0.875. The van der Waals surface area contributed by atoms with Gasteiger partial charge in [-0.1, -0.05) is 0 Å². The lowest BCUT2D eigenvalue weighted by atomic mass is 10.2. The Hall–Kier alpha value is -0.650. The Bertz CT molecular complexity index is 150. The summed E-state index contributed by atoms with van der Waals surface area (Å²) in [7, 11) is 1.49. The van der Waals surface area contributed by atoms with Crippen LogP contribution in [-0.4, -0.2) is 43.4 Å². The van der Waals surface area contributed by atoms with Gasteiger partial charge in [-0.15, -0.1) is 0 Å². The van der Waals surface area contributed by atoms with E-state index in [0.29, 0.717) is 13.0 Å². The van der Waals surface area contributed by atoms with Crippen LogP contribution in [0.25, 0.3) is 0 Å². The lowest BCUT2D eigenvalue weighted by molar-refractivity contribution is -0.123. The molecular weight excluding hydrogens is 172 g/mol. The number of ether oxygens (including phenoxy) is 1. The lowest BCUT2D eigenvalue weighted by Crippen LogP contribution is -2.44. The molecule has 4 N–H and O–H groups in total. The number of carbonyl (C=O) groups is 1. The van der Waals surface area contributed by atoms with Gasteiger partial charge in [-0.05, 0) is 13.3 Å². The average molecular weight is 190 g/mol. The van der Waals surface area contributed by atoms with E-state index in [2.05, 4.69) is 5.32 Å². The van der Waals surface area contributed by atoms with Gasteiger partial charge < -0.3 is 20.9 Å². The molecule has 0 bridgehead atoms. The fourth-order valence-corrected chi connectivity index (χ4v) is 0.791. The maximum atomic E-state index is 11.1. The zero-order chi connectivity index (χ0) is 10.3. The standard InChI is InChI=1S/C8H18N2O3/c1-6(11)3-4-10-8(12)7(9)5-13-2/h6-7,11H,3-5,9H2,1-2H3,(H,10,12). The summed E-state index contributed by atoms with van der Waals surface area (Å²) in [5.41, 5.74) is 5.45. The number of hydrogen-bond acceptors (Lipinski definition) is 4. The highest BCUT2D eigenvalue weighted by atomic mass is 16.5. The monoisotopic (exact) mass is 190 g/mol. The number of methoxy groups -OCH3 is 1. The second kappa shape index (κ2) is 6.82. The van der Waals surface area contributed by atoms with E-state index in [1.165, 1.54) is 7.11 Å². The quantitative estimate of drug-likeness (QED) is 0.493. The molecule has 5 heteroatoms. The van der Waals surface area contributed by atoms with E-state index in [1.807, 2.05) is 0 Å². The van der Waals surface area contributed by atoms with Crippen LogP contribution < -0.4 is 11.1 Å². The van der Waals surface area contributed by atoms with Crippen molar-refractivity contribution in [2.24, 2.45) is 5.73 Å². The molecule has 2 unspecified atom stereocenters. The van der Waals surface area contributed by atoms with Crippen molar-refractivity contribution >= 4 is 5.91 Å². The van der Waals surface area contributed by atoms with E-state index >= 15 is 0 Å². The van der Waals surface area contributed by atoms with Gasteiger partial charge in [0, 0.05) is 13.7 Å². The minimum absolute atomic E-state index is 0.209.